The summed E-state index contributed by atoms with van der Waals surface area (Å²) in [6.45, 7) is 2.18. The number of aromatic nitrogens is 2. The van der Waals surface area contributed by atoms with E-state index in [-0.39, 0.29) is 12.5 Å². The van der Waals surface area contributed by atoms with Crippen LogP contribution in [0.15, 0.2) is 6.07 Å². The summed E-state index contributed by atoms with van der Waals surface area (Å²) >= 11 is 0. The minimum Gasteiger partial charge on any atom is -0.384 e. The normalized spacial score (nSPS) is 14.4. The third-order valence-electron chi connectivity index (χ3n) is 2.48. The molecule has 92 valence electrons. The van der Waals surface area contributed by atoms with E-state index in [1.54, 1.807) is 6.07 Å². The Balaban J connectivity index is 1.88. The van der Waals surface area contributed by atoms with Crippen molar-refractivity contribution < 1.29 is 4.79 Å². The first-order chi connectivity index (χ1) is 8.17. The molecule has 4 N–H and O–H groups in total. The average molecular weight is 235 g/mol. The first-order valence-electron chi connectivity index (χ1n) is 5.84. The molecule has 1 amide bonds. The van der Waals surface area contributed by atoms with Crippen molar-refractivity contribution in [1.82, 2.24) is 15.3 Å². The zero-order valence-electron chi connectivity index (χ0n) is 9.86. The smallest absolute Gasteiger partial charge is 0.239 e. The van der Waals surface area contributed by atoms with Crippen LogP contribution in [0.1, 0.15) is 25.6 Å². The van der Waals surface area contributed by atoms with E-state index in [0.717, 1.165) is 12.8 Å². The minimum absolute atomic E-state index is 0.0114. The summed E-state index contributed by atoms with van der Waals surface area (Å²) in [4.78, 5) is 19.8. The second-order valence-electron chi connectivity index (χ2n) is 4.14. The molecule has 0 spiro atoms. The van der Waals surface area contributed by atoms with Crippen molar-refractivity contribution in [3.8, 4) is 0 Å². The number of amides is 1. The maximum atomic E-state index is 11.5. The van der Waals surface area contributed by atoms with Gasteiger partial charge >= 0.3 is 0 Å². The Morgan fingerprint density at radius 2 is 2.29 bits per heavy atom. The number of nitrogens with one attached hydrogen (secondary N) is 2. The Bertz CT molecular complexity index is 416. The summed E-state index contributed by atoms with van der Waals surface area (Å²) in [6.07, 6.45) is 2.90. The highest BCUT2D eigenvalue weighted by molar-refractivity contribution is 5.81. The van der Waals surface area contributed by atoms with Crippen LogP contribution in [0, 0.1) is 0 Å². The number of carbonyl (C=O) groups is 1. The third kappa shape index (κ3) is 3.58. The number of hydrogen-bond donors (Lipinski definition) is 3. The van der Waals surface area contributed by atoms with Crippen molar-refractivity contribution in [2.45, 2.75) is 32.2 Å². The SMILES string of the molecule is CCc1nc(N)cc(NCC(=O)NC2CC2)n1. The zero-order chi connectivity index (χ0) is 12.3. The number of nitrogens with zero attached hydrogens (tertiary/aromatic N) is 2. The molecule has 0 radical (unpaired) electrons. The monoisotopic (exact) mass is 235 g/mol. The first kappa shape index (κ1) is 11.6. The molecule has 1 aromatic heterocycles. The molecule has 17 heavy (non-hydrogen) atoms. The van der Waals surface area contributed by atoms with Gasteiger partial charge in [0.2, 0.25) is 5.91 Å². The van der Waals surface area contributed by atoms with E-state index in [9.17, 15) is 4.79 Å². The van der Waals surface area contributed by atoms with Gasteiger partial charge in [-0.3, -0.25) is 4.79 Å². The first-order valence-corrected chi connectivity index (χ1v) is 5.84. The van der Waals surface area contributed by atoms with E-state index < -0.39 is 0 Å². The Labute approximate surface area is 100 Å². The van der Waals surface area contributed by atoms with E-state index >= 15 is 0 Å². The van der Waals surface area contributed by atoms with Gasteiger partial charge < -0.3 is 16.4 Å². The fourth-order valence-corrected chi connectivity index (χ4v) is 1.44. The van der Waals surface area contributed by atoms with Crippen LogP contribution >= 0.6 is 0 Å². The molecule has 0 atom stereocenters. The molecular weight excluding hydrogens is 218 g/mol. The number of anilines is 2. The summed E-state index contributed by atoms with van der Waals surface area (Å²) in [6, 6.07) is 2.01. The molecule has 1 saturated carbocycles. The molecule has 1 aromatic rings. The van der Waals surface area contributed by atoms with Gasteiger partial charge in [0.25, 0.3) is 0 Å². The van der Waals surface area contributed by atoms with Gasteiger partial charge in [-0.05, 0) is 12.8 Å². The topological polar surface area (TPSA) is 92.9 Å². The Kier molecular flexibility index (Phi) is 3.41. The van der Waals surface area contributed by atoms with Crippen molar-refractivity contribution in [1.29, 1.82) is 0 Å². The number of nitrogens with two attached hydrogens (primary N) is 1. The number of carbonyl (C=O) groups excluding carboxylic acids is 1. The highest BCUT2D eigenvalue weighted by Crippen LogP contribution is 2.18. The summed E-state index contributed by atoms with van der Waals surface area (Å²) in [7, 11) is 0. The number of nitrogen functional groups attached to an aromatic ring is 1. The number of hydrogen-bond acceptors (Lipinski definition) is 5. The highest BCUT2D eigenvalue weighted by atomic mass is 16.2. The predicted octanol–water partition coefficient (Wildman–Crippen LogP) is 0.312. The molecule has 1 heterocycles. The van der Waals surface area contributed by atoms with Gasteiger partial charge in [-0.1, -0.05) is 6.92 Å². The van der Waals surface area contributed by atoms with Crippen LogP contribution in [0.25, 0.3) is 0 Å². The van der Waals surface area contributed by atoms with Crippen LogP contribution in [-0.2, 0) is 11.2 Å². The number of aryl methyl sites for hydroxylation is 1. The fraction of sp³-hybridized carbons (Fsp3) is 0.545. The van der Waals surface area contributed by atoms with Crippen molar-refractivity contribution in [3.05, 3.63) is 11.9 Å². The van der Waals surface area contributed by atoms with Crippen molar-refractivity contribution in [2.75, 3.05) is 17.6 Å². The maximum absolute atomic E-state index is 11.5. The van der Waals surface area contributed by atoms with Gasteiger partial charge in [0, 0.05) is 18.5 Å². The van der Waals surface area contributed by atoms with Crippen molar-refractivity contribution >= 4 is 17.5 Å². The van der Waals surface area contributed by atoms with Crippen LogP contribution in [0.2, 0.25) is 0 Å². The predicted molar refractivity (Wildman–Crippen MR) is 65.5 cm³/mol. The summed E-state index contributed by atoms with van der Waals surface area (Å²) in [5.74, 6) is 1.68. The van der Waals surface area contributed by atoms with E-state index in [1.807, 2.05) is 6.92 Å². The van der Waals surface area contributed by atoms with E-state index in [0.29, 0.717) is 29.9 Å². The molecule has 0 aliphatic heterocycles. The average Bonchev–Trinajstić information content (AvgIpc) is 3.09. The summed E-state index contributed by atoms with van der Waals surface area (Å²) in [5.41, 5.74) is 5.64. The lowest BCUT2D eigenvalue weighted by atomic mass is 10.4. The van der Waals surface area contributed by atoms with Gasteiger partial charge in [-0.25, -0.2) is 9.97 Å². The van der Waals surface area contributed by atoms with Gasteiger partial charge in [0.05, 0.1) is 6.54 Å². The van der Waals surface area contributed by atoms with Gasteiger partial charge in [-0.15, -0.1) is 0 Å². The highest BCUT2D eigenvalue weighted by Gasteiger charge is 2.22. The molecule has 0 aromatic carbocycles. The lowest BCUT2D eigenvalue weighted by molar-refractivity contribution is -0.119. The van der Waals surface area contributed by atoms with Crippen LogP contribution in [-0.4, -0.2) is 28.5 Å². The largest absolute Gasteiger partial charge is 0.384 e. The van der Waals surface area contributed by atoms with Crippen molar-refractivity contribution in [2.24, 2.45) is 0 Å². The van der Waals surface area contributed by atoms with Crippen LogP contribution in [0.3, 0.4) is 0 Å². The van der Waals surface area contributed by atoms with E-state index in [1.165, 1.54) is 0 Å². The van der Waals surface area contributed by atoms with E-state index in [4.69, 9.17) is 5.73 Å². The van der Waals surface area contributed by atoms with Crippen LogP contribution in [0.5, 0.6) is 0 Å². The fourth-order valence-electron chi connectivity index (χ4n) is 1.44. The summed E-state index contributed by atoms with van der Waals surface area (Å²) in [5, 5.41) is 5.84. The Morgan fingerprint density at radius 3 is 2.94 bits per heavy atom. The summed E-state index contributed by atoms with van der Waals surface area (Å²) < 4.78 is 0. The Morgan fingerprint density at radius 1 is 1.53 bits per heavy atom. The molecule has 0 unspecified atom stereocenters. The molecule has 0 saturated heterocycles. The van der Waals surface area contributed by atoms with Gasteiger partial charge in [0.1, 0.15) is 17.5 Å². The molecule has 1 aliphatic carbocycles. The lowest BCUT2D eigenvalue weighted by Gasteiger charge is -2.07. The molecule has 0 bridgehead atoms. The minimum atomic E-state index is -0.0114. The zero-order valence-corrected chi connectivity index (χ0v) is 9.86. The van der Waals surface area contributed by atoms with Crippen molar-refractivity contribution in [3.63, 3.8) is 0 Å². The molecule has 1 aliphatic rings. The maximum Gasteiger partial charge on any atom is 0.239 e. The number of rotatable bonds is 5. The van der Waals surface area contributed by atoms with Crippen LogP contribution < -0.4 is 16.4 Å². The third-order valence-corrected chi connectivity index (χ3v) is 2.48. The Hall–Kier alpha value is -1.85. The second-order valence-corrected chi connectivity index (χ2v) is 4.14. The second kappa shape index (κ2) is 4.99. The molecule has 2 rings (SSSR count). The molecular formula is C11H17N5O. The quantitative estimate of drug-likeness (QED) is 0.683. The lowest BCUT2D eigenvalue weighted by Crippen LogP contribution is -2.31. The van der Waals surface area contributed by atoms with E-state index in [2.05, 4.69) is 20.6 Å². The molecule has 6 heteroatoms. The molecule has 1 fully saturated rings. The molecule has 6 nitrogen and oxygen atoms in total. The van der Waals surface area contributed by atoms with Gasteiger partial charge in [-0.2, -0.15) is 0 Å². The van der Waals surface area contributed by atoms with Crippen LogP contribution in [0.4, 0.5) is 11.6 Å². The standard InChI is InChI=1S/C11H17N5O/c1-2-9-15-8(12)5-10(16-9)13-6-11(17)14-7-3-4-7/h5,7H,2-4,6H2,1H3,(H,14,17)(H3,12,13,15,16). The van der Waals surface area contributed by atoms with Gasteiger partial charge in [0.15, 0.2) is 0 Å².